The van der Waals surface area contributed by atoms with Gasteiger partial charge in [0.2, 0.25) is 0 Å². The molecule has 0 aliphatic carbocycles. The van der Waals surface area contributed by atoms with Crippen molar-refractivity contribution in [3.05, 3.63) is 12.2 Å². The molecule has 0 amide bonds. The first-order chi connectivity index (χ1) is 7.36. The van der Waals surface area contributed by atoms with Crippen LogP contribution >= 0.6 is 0 Å². The van der Waals surface area contributed by atoms with E-state index in [9.17, 15) is 0 Å². The average molecular weight is 210 g/mol. The van der Waals surface area contributed by atoms with Gasteiger partial charge in [0, 0.05) is 6.54 Å². The highest BCUT2D eigenvalue weighted by Crippen LogP contribution is 2.01. The van der Waals surface area contributed by atoms with E-state index in [2.05, 4.69) is 29.2 Å². The highest BCUT2D eigenvalue weighted by molar-refractivity contribution is 4.80. The lowest BCUT2D eigenvalue weighted by Gasteiger charge is -1.99. The van der Waals surface area contributed by atoms with Crippen LogP contribution < -0.4 is 5.32 Å². The van der Waals surface area contributed by atoms with Gasteiger partial charge in [-0.3, -0.25) is 4.68 Å². The van der Waals surface area contributed by atoms with Crippen LogP contribution in [0.1, 0.15) is 45.4 Å². The van der Waals surface area contributed by atoms with Crippen LogP contribution in [-0.2, 0) is 13.1 Å². The molecule has 0 unspecified atom stereocenters. The highest BCUT2D eigenvalue weighted by atomic mass is 15.3. The molecule has 0 aliphatic heterocycles. The third kappa shape index (κ3) is 4.93. The zero-order valence-electron chi connectivity index (χ0n) is 9.87. The quantitative estimate of drug-likeness (QED) is 0.667. The van der Waals surface area contributed by atoms with Crippen molar-refractivity contribution in [2.24, 2.45) is 0 Å². The molecule has 0 fully saturated rings. The molecule has 0 aliphatic rings. The molecule has 0 bridgehead atoms. The Labute approximate surface area is 92.1 Å². The van der Waals surface area contributed by atoms with Gasteiger partial charge in [0.25, 0.3) is 0 Å². The first kappa shape index (κ1) is 12.2. The second-order valence-corrected chi connectivity index (χ2v) is 3.76. The summed E-state index contributed by atoms with van der Waals surface area (Å²) in [6.07, 6.45) is 6.93. The number of rotatable bonds is 8. The zero-order valence-corrected chi connectivity index (χ0v) is 9.87. The van der Waals surface area contributed by atoms with E-state index in [-0.39, 0.29) is 0 Å². The minimum absolute atomic E-state index is 0.776. The smallest absolute Gasteiger partial charge is 0.164 e. The zero-order chi connectivity index (χ0) is 10.9. The van der Waals surface area contributed by atoms with Gasteiger partial charge < -0.3 is 5.32 Å². The molecule has 1 rings (SSSR count). The van der Waals surface area contributed by atoms with E-state index in [1.165, 1.54) is 25.7 Å². The SMILES string of the molecule is CCCCCCn1cnc(CNCC)n1. The maximum absolute atomic E-state index is 4.39. The third-order valence-electron chi connectivity index (χ3n) is 2.36. The summed E-state index contributed by atoms with van der Waals surface area (Å²) in [5, 5.41) is 7.60. The first-order valence-corrected chi connectivity index (χ1v) is 5.95. The van der Waals surface area contributed by atoms with Gasteiger partial charge in [0.05, 0.1) is 6.54 Å². The van der Waals surface area contributed by atoms with Crippen LogP contribution in [0, 0.1) is 0 Å². The fourth-order valence-electron chi connectivity index (χ4n) is 1.46. The van der Waals surface area contributed by atoms with E-state index in [1.54, 1.807) is 0 Å². The molecule has 86 valence electrons. The number of nitrogens with zero attached hydrogens (tertiary/aromatic N) is 3. The monoisotopic (exact) mass is 210 g/mol. The number of nitrogens with one attached hydrogen (secondary N) is 1. The topological polar surface area (TPSA) is 42.7 Å². The van der Waals surface area contributed by atoms with Crippen molar-refractivity contribution in [2.75, 3.05) is 6.54 Å². The predicted molar refractivity (Wildman–Crippen MR) is 61.5 cm³/mol. The predicted octanol–water partition coefficient (Wildman–Crippen LogP) is 1.97. The second kappa shape index (κ2) is 7.40. The molecule has 0 atom stereocenters. The number of aromatic nitrogens is 3. The Bertz CT molecular complexity index is 257. The Morgan fingerprint density at radius 1 is 1.27 bits per heavy atom. The molecule has 0 radical (unpaired) electrons. The van der Waals surface area contributed by atoms with Crippen LogP contribution in [0.4, 0.5) is 0 Å². The number of unbranched alkanes of at least 4 members (excludes halogenated alkanes) is 3. The Hall–Kier alpha value is -0.900. The molecule has 4 nitrogen and oxygen atoms in total. The molecule has 1 heterocycles. The van der Waals surface area contributed by atoms with Gasteiger partial charge >= 0.3 is 0 Å². The molecule has 4 heteroatoms. The van der Waals surface area contributed by atoms with Gasteiger partial charge in [-0.05, 0) is 13.0 Å². The van der Waals surface area contributed by atoms with E-state index in [1.807, 2.05) is 11.0 Å². The van der Waals surface area contributed by atoms with Crippen molar-refractivity contribution in [3.8, 4) is 0 Å². The molecule has 0 aromatic carbocycles. The first-order valence-electron chi connectivity index (χ1n) is 5.95. The Balaban J connectivity index is 2.20. The number of hydrogen-bond donors (Lipinski definition) is 1. The molecule has 15 heavy (non-hydrogen) atoms. The lowest BCUT2D eigenvalue weighted by molar-refractivity contribution is 0.533. The Kier molecular flexibility index (Phi) is 6.00. The summed E-state index contributed by atoms with van der Waals surface area (Å²) in [4.78, 5) is 4.24. The van der Waals surface area contributed by atoms with E-state index in [0.29, 0.717) is 0 Å². The van der Waals surface area contributed by atoms with E-state index in [0.717, 1.165) is 25.5 Å². The molecule has 1 aromatic rings. The highest BCUT2D eigenvalue weighted by Gasteiger charge is 1.99. The van der Waals surface area contributed by atoms with Crippen LogP contribution in [0.2, 0.25) is 0 Å². The van der Waals surface area contributed by atoms with Crippen LogP contribution in [0.25, 0.3) is 0 Å². The molecule has 1 aromatic heterocycles. The van der Waals surface area contributed by atoms with Crippen molar-refractivity contribution < 1.29 is 0 Å². The van der Waals surface area contributed by atoms with Crippen molar-refractivity contribution in [3.63, 3.8) is 0 Å². The minimum atomic E-state index is 0.776. The number of aryl methyl sites for hydroxylation is 1. The normalized spacial score (nSPS) is 10.8. The lowest BCUT2D eigenvalue weighted by atomic mass is 10.2. The fourth-order valence-corrected chi connectivity index (χ4v) is 1.46. The van der Waals surface area contributed by atoms with Crippen LogP contribution in [-0.4, -0.2) is 21.3 Å². The van der Waals surface area contributed by atoms with Crippen molar-refractivity contribution in [1.29, 1.82) is 0 Å². The van der Waals surface area contributed by atoms with E-state index >= 15 is 0 Å². The summed E-state index contributed by atoms with van der Waals surface area (Å²) in [6.45, 7) is 7.05. The number of hydrogen-bond acceptors (Lipinski definition) is 3. The summed E-state index contributed by atoms with van der Waals surface area (Å²) in [5.74, 6) is 0.896. The molecule has 0 spiro atoms. The standard InChI is InChI=1S/C11H22N4/c1-3-5-6-7-8-15-10-13-11(14-15)9-12-4-2/h10,12H,3-9H2,1-2H3. The van der Waals surface area contributed by atoms with Crippen molar-refractivity contribution in [2.45, 2.75) is 52.6 Å². The Morgan fingerprint density at radius 2 is 2.13 bits per heavy atom. The summed E-state index contributed by atoms with van der Waals surface area (Å²) in [6, 6.07) is 0. The van der Waals surface area contributed by atoms with Crippen molar-refractivity contribution >= 4 is 0 Å². The Morgan fingerprint density at radius 3 is 2.87 bits per heavy atom. The lowest BCUT2D eigenvalue weighted by Crippen LogP contribution is -2.13. The van der Waals surface area contributed by atoms with Crippen LogP contribution in [0.15, 0.2) is 6.33 Å². The molecule has 1 N–H and O–H groups in total. The van der Waals surface area contributed by atoms with E-state index < -0.39 is 0 Å². The molecular formula is C11H22N4. The summed E-state index contributed by atoms with van der Waals surface area (Å²) >= 11 is 0. The van der Waals surface area contributed by atoms with E-state index in [4.69, 9.17) is 0 Å². The fraction of sp³-hybridized carbons (Fsp3) is 0.818. The molecule has 0 saturated heterocycles. The molecule has 0 saturated carbocycles. The third-order valence-corrected chi connectivity index (χ3v) is 2.36. The maximum Gasteiger partial charge on any atom is 0.164 e. The average Bonchev–Trinajstić information content (AvgIpc) is 2.69. The van der Waals surface area contributed by atoms with Crippen LogP contribution in [0.5, 0.6) is 0 Å². The minimum Gasteiger partial charge on any atom is -0.310 e. The summed E-state index contributed by atoms with van der Waals surface area (Å²) in [7, 11) is 0. The molecular weight excluding hydrogens is 188 g/mol. The largest absolute Gasteiger partial charge is 0.310 e. The van der Waals surface area contributed by atoms with Gasteiger partial charge in [-0.15, -0.1) is 0 Å². The van der Waals surface area contributed by atoms with Gasteiger partial charge in [-0.1, -0.05) is 33.1 Å². The second-order valence-electron chi connectivity index (χ2n) is 3.76. The summed E-state index contributed by atoms with van der Waals surface area (Å²) in [5.41, 5.74) is 0. The van der Waals surface area contributed by atoms with Gasteiger partial charge in [0.1, 0.15) is 6.33 Å². The van der Waals surface area contributed by atoms with Crippen LogP contribution in [0.3, 0.4) is 0 Å². The maximum atomic E-state index is 4.39. The van der Waals surface area contributed by atoms with Gasteiger partial charge in [-0.2, -0.15) is 5.10 Å². The van der Waals surface area contributed by atoms with Gasteiger partial charge in [0.15, 0.2) is 5.82 Å². The van der Waals surface area contributed by atoms with Crippen molar-refractivity contribution in [1.82, 2.24) is 20.1 Å². The summed E-state index contributed by atoms with van der Waals surface area (Å²) < 4.78 is 1.95. The van der Waals surface area contributed by atoms with Gasteiger partial charge in [-0.25, -0.2) is 4.98 Å².